The minimum Gasteiger partial charge on any atom is -0.504 e. The molecule has 8 rings (SSSR count). The van der Waals surface area contributed by atoms with Crippen molar-refractivity contribution in [3.05, 3.63) is 99.6 Å². The van der Waals surface area contributed by atoms with E-state index < -0.39 is 46.8 Å². The van der Waals surface area contributed by atoms with Gasteiger partial charge in [0.2, 0.25) is 11.8 Å². The van der Waals surface area contributed by atoms with E-state index >= 15 is 4.79 Å². The van der Waals surface area contributed by atoms with Gasteiger partial charge in [-0.2, -0.15) is 5.01 Å². The second kappa shape index (κ2) is 14.1. The molecule has 0 radical (unpaired) electrons. The molecule has 54 heavy (non-hydrogen) atoms. The molecule has 2 saturated carbocycles. The number of nitrogens with zero attached hydrogens (tertiary/aromatic N) is 2. The number of hydrogen-bond acceptors (Lipinski definition) is 8. The zero-order chi connectivity index (χ0) is 37.9. The van der Waals surface area contributed by atoms with Gasteiger partial charge in [-0.3, -0.25) is 29.5 Å². The van der Waals surface area contributed by atoms with Gasteiger partial charge < -0.3 is 14.6 Å². The SMILES string of the molecule is COc1ccc(C23C(=O)N(Nc4ccc(Cl)cc4Cl)C(=O)C2CC2C(=CCC4C(=O)N(C5CCCCC5)C(=O)C42)C3C=Cc2ccc(O)c(OC)c2)cc1. The molecule has 3 aromatic rings. The molecule has 6 unspecified atom stereocenters. The number of hydrogen-bond donors (Lipinski definition) is 2. The predicted octanol–water partition coefficient (Wildman–Crippen LogP) is 7.58. The van der Waals surface area contributed by atoms with E-state index in [4.69, 9.17) is 32.7 Å². The fraction of sp³-hybridized carbons (Fsp3) is 0.381. The van der Waals surface area contributed by atoms with Gasteiger partial charge in [0.05, 0.1) is 48.1 Å². The number of methoxy groups -OCH3 is 2. The molecule has 0 aromatic heterocycles. The van der Waals surface area contributed by atoms with E-state index in [2.05, 4.69) is 5.43 Å². The molecule has 2 N–H and O–H groups in total. The molecule has 4 amide bonds. The second-order valence-electron chi connectivity index (χ2n) is 14.9. The Morgan fingerprint density at radius 2 is 1.63 bits per heavy atom. The van der Waals surface area contributed by atoms with Crippen LogP contribution < -0.4 is 14.9 Å². The van der Waals surface area contributed by atoms with E-state index in [-0.39, 0.29) is 40.8 Å². The predicted molar refractivity (Wildman–Crippen MR) is 204 cm³/mol. The van der Waals surface area contributed by atoms with Crippen LogP contribution in [0.3, 0.4) is 0 Å². The third-order valence-corrected chi connectivity index (χ3v) is 12.8. The molecule has 3 aliphatic carbocycles. The number of hydrazine groups is 1. The summed E-state index contributed by atoms with van der Waals surface area (Å²) in [7, 11) is 3.03. The largest absolute Gasteiger partial charge is 0.504 e. The van der Waals surface area contributed by atoms with E-state index in [1.54, 1.807) is 48.4 Å². The van der Waals surface area contributed by atoms with Gasteiger partial charge in [0, 0.05) is 17.0 Å². The number of amides is 4. The van der Waals surface area contributed by atoms with Crippen molar-refractivity contribution in [2.45, 2.75) is 56.4 Å². The summed E-state index contributed by atoms with van der Waals surface area (Å²) in [5.41, 5.74) is 4.03. The van der Waals surface area contributed by atoms with Gasteiger partial charge in [-0.15, -0.1) is 0 Å². The molecule has 5 aliphatic rings. The summed E-state index contributed by atoms with van der Waals surface area (Å²) in [5, 5.41) is 12.0. The molecule has 0 bridgehead atoms. The van der Waals surface area contributed by atoms with Crippen molar-refractivity contribution in [2.24, 2.45) is 29.6 Å². The number of likely N-dealkylation sites (tertiary alicyclic amines) is 1. The van der Waals surface area contributed by atoms with Gasteiger partial charge in [-0.25, -0.2) is 0 Å². The van der Waals surface area contributed by atoms with Crippen molar-refractivity contribution < 1.29 is 33.8 Å². The average molecular weight is 771 g/mol. The van der Waals surface area contributed by atoms with Gasteiger partial charge in [0.25, 0.3) is 11.8 Å². The van der Waals surface area contributed by atoms with Crippen LogP contribution in [-0.4, -0.2) is 58.9 Å². The minimum absolute atomic E-state index is 0.0192. The molecule has 10 nitrogen and oxygen atoms in total. The second-order valence-corrected chi connectivity index (χ2v) is 15.7. The highest BCUT2D eigenvalue weighted by Crippen LogP contribution is 2.62. The van der Waals surface area contributed by atoms with Crippen LogP contribution in [-0.2, 0) is 24.6 Å². The first-order valence-electron chi connectivity index (χ1n) is 18.4. The highest BCUT2D eigenvalue weighted by atomic mass is 35.5. The fourth-order valence-electron chi connectivity index (χ4n) is 9.82. The Hall–Kier alpha value is -4.80. The van der Waals surface area contributed by atoms with Gasteiger partial charge in [0.15, 0.2) is 11.5 Å². The molecule has 0 spiro atoms. The summed E-state index contributed by atoms with van der Waals surface area (Å²) >= 11 is 12.7. The quantitative estimate of drug-likeness (QED) is 0.178. The number of benzene rings is 3. The van der Waals surface area contributed by atoms with Crippen molar-refractivity contribution in [3.63, 3.8) is 0 Å². The fourth-order valence-corrected chi connectivity index (χ4v) is 10.3. The zero-order valence-corrected chi connectivity index (χ0v) is 31.5. The number of halogens is 2. The normalized spacial score (nSPS) is 28.2. The number of phenolic OH excluding ortho intramolecular Hbond substituents is 1. The summed E-state index contributed by atoms with van der Waals surface area (Å²) in [6.07, 6.45) is 11.0. The van der Waals surface area contributed by atoms with Crippen LogP contribution in [0.5, 0.6) is 17.2 Å². The maximum atomic E-state index is 15.4. The molecule has 2 aliphatic heterocycles. The summed E-state index contributed by atoms with van der Waals surface area (Å²) < 4.78 is 10.9. The van der Waals surface area contributed by atoms with Crippen LogP contribution in [0.25, 0.3) is 6.08 Å². The highest BCUT2D eigenvalue weighted by molar-refractivity contribution is 6.36. The lowest BCUT2D eigenvalue weighted by molar-refractivity contribution is -0.144. The molecular formula is C42H41Cl2N3O7. The lowest BCUT2D eigenvalue weighted by Gasteiger charge is -2.49. The van der Waals surface area contributed by atoms with Crippen LogP contribution in [0.4, 0.5) is 5.69 Å². The van der Waals surface area contributed by atoms with Crippen LogP contribution in [0, 0.1) is 29.6 Å². The maximum absolute atomic E-state index is 15.4. The number of carbonyl (C=O) groups excluding carboxylic acids is 4. The molecule has 2 heterocycles. The molecule has 2 saturated heterocycles. The average Bonchev–Trinajstić information content (AvgIpc) is 3.56. The first-order chi connectivity index (χ1) is 26.1. The van der Waals surface area contributed by atoms with E-state index in [0.717, 1.165) is 42.7 Å². The Bertz CT molecular complexity index is 2100. The Labute approximate surface area is 323 Å². The zero-order valence-electron chi connectivity index (χ0n) is 30.0. The Morgan fingerprint density at radius 3 is 2.33 bits per heavy atom. The van der Waals surface area contributed by atoms with Crippen LogP contribution in [0.2, 0.25) is 10.0 Å². The van der Waals surface area contributed by atoms with Crippen LogP contribution in [0.15, 0.2) is 78.4 Å². The summed E-state index contributed by atoms with van der Waals surface area (Å²) in [6, 6.07) is 16.8. The summed E-state index contributed by atoms with van der Waals surface area (Å²) in [4.78, 5) is 60.4. The van der Waals surface area contributed by atoms with Gasteiger partial charge >= 0.3 is 0 Å². The van der Waals surface area contributed by atoms with E-state index in [0.29, 0.717) is 34.0 Å². The third-order valence-electron chi connectivity index (χ3n) is 12.3. The Balaban J connectivity index is 1.29. The maximum Gasteiger partial charge on any atom is 0.260 e. The number of anilines is 1. The van der Waals surface area contributed by atoms with Crippen molar-refractivity contribution in [1.82, 2.24) is 9.91 Å². The third kappa shape index (κ3) is 5.68. The van der Waals surface area contributed by atoms with Gasteiger partial charge in [-0.1, -0.05) is 84.5 Å². The van der Waals surface area contributed by atoms with E-state index in [9.17, 15) is 19.5 Å². The number of imide groups is 2. The topological polar surface area (TPSA) is 125 Å². The number of rotatable bonds is 8. The highest BCUT2D eigenvalue weighted by Gasteiger charge is 2.69. The minimum atomic E-state index is -1.46. The standard InChI is InChI=1S/C42H41Cl2N3O7/c1-53-27-13-10-24(11-14-27)42-31(17-8-23-9-19-35(48)36(20-23)54-2)28-15-16-29-37(40(51)46(38(29)49)26-6-4-3-5-7-26)30(28)22-32(42)39(50)47(41(42)52)45-34-18-12-25(43)21-33(34)44/h8-15,17-21,26,29-32,37,45,48H,3-7,16,22H2,1-2H3. The lowest BCUT2D eigenvalue weighted by Crippen LogP contribution is -2.54. The number of phenols is 1. The Morgan fingerprint density at radius 1 is 0.870 bits per heavy atom. The molecule has 6 atom stereocenters. The number of nitrogens with one attached hydrogen (secondary N) is 1. The van der Waals surface area contributed by atoms with Crippen LogP contribution >= 0.6 is 23.2 Å². The van der Waals surface area contributed by atoms with Crippen molar-refractivity contribution in [1.29, 1.82) is 0 Å². The van der Waals surface area contributed by atoms with Crippen molar-refractivity contribution >= 4 is 58.6 Å². The monoisotopic (exact) mass is 769 g/mol. The van der Waals surface area contributed by atoms with Gasteiger partial charge in [-0.05, 0) is 85.2 Å². The van der Waals surface area contributed by atoms with Crippen molar-refractivity contribution in [2.75, 3.05) is 19.6 Å². The molecule has 280 valence electrons. The molecule has 4 fully saturated rings. The van der Waals surface area contributed by atoms with E-state index in [1.807, 2.05) is 30.4 Å². The van der Waals surface area contributed by atoms with Crippen molar-refractivity contribution in [3.8, 4) is 17.2 Å². The summed E-state index contributed by atoms with van der Waals surface area (Å²) in [6.45, 7) is 0. The lowest BCUT2D eigenvalue weighted by atomic mass is 9.50. The molecule has 3 aromatic carbocycles. The first kappa shape index (κ1) is 36.2. The smallest absolute Gasteiger partial charge is 0.260 e. The molecule has 12 heteroatoms. The first-order valence-corrected chi connectivity index (χ1v) is 19.2. The van der Waals surface area contributed by atoms with Crippen LogP contribution in [0.1, 0.15) is 56.1 Å². The number of allylic oxidation sites excluding steroid dienone is 3. The molecular weight excluding hydrogens is 729 g/mol. The number of ether oxygens (including phenoxy) is 2. The van der Waals surface area contributed by atoms with E-state index in [1.165, 1.54) is 19.2 Å². The summed E-state index contributed by atoms with van der Waals surface area (Å²) in [5.74, 6) is -3.68. The number of aromatic hydroxyl groups is 1. The van der Waals surface area contributed by atoms with Gasteiger partial charge in [0.1, 0.15) is 5.75 Å². The Kier molecular flexibility index (Phi) is 9.46. The number of fused-ring (bicyclic) bond motifs is 4. The number of carbonyl (C=O) groups is 4.